The fourth-order valence-corrected chi connectivity index (χ4v) is 3.43. The standard InChI is InChI=1S/C22H19ClN2O2S/c1-15-8-10-16(11-9-15)22(27)25-19-6-3-7-20(13-19)28-14-21(26)24-18-5-2-4-17(23)12-18/h2-13H,14H2,1H3,(H,24,26)(H,25,27). The van der Waals surface area contributed by atoms with Gasteiger partial charge in [-0.1, -0.05) is 41.4 Å². The molecule has 3 aromatic rings. The number of hydrogen-bond donors (Lipinski definition) is 2. The summed E-state index contributed by atoms with van der Waals surface area (Å²) in [5, 5.41) is 6.27. The van der Waals surface area contributed by atoms with Crippen LogP contribution >= 0.6 is 23.4 Å². The van der Waals surface area contributed by atoms with Crippen LogP contribution in [0.5, 0.6) is 0 Å². The topological polar surface area (TPSA) is 58.2 Å². The molecular weight excluding hydrogens is 392 g/mol. The Morgan fingerprint density at radius 1 is 0.893 bits per heavy atom. The second-order valence-electron chi connectivity index (χ2n) is 6.20. The van der Waals surface area contributed by atoms with Gasteiger partial charge in [0.05, 0.1) is 5.75 Å². The molecule has 0 saturated carbocycles. The summed E-state index contributed by atoms with van der Waals surface area (Å²) in [6, 6.07) is 21.8. The summed E-state index contributed by atoms with van der Waals surface area (Å²) in [6.07, 6.45) is 0. The molecule has 2 amide bonds. The third-order valence-corrected chi connectivity index (χ3v) is 5.11. The number of hydrogen-bond acceptors (Lipinski definition) is 3. The Balaban J connectivity index is 1.56. The van der Waals surface area contributed by atoms with Crippen LogP contribution in [-0.2, 0) is 4.79 Å². The van der Waals surface area contributed by atoms with E-state index < -0.39 is 0 Å². The van der Waals surface area contributed by atoms with Crippen LogP contribution in [0.15, 0.2) is 77.7 Å². The van der Waals surface area contributed by atoms with Crippen molar-refractivity contribution < 1.29 is 9.59 Å². The number of amides is 2. The van der Waals surface area contributed by atoms with Crippen molar-refractivity contribution in [1.29, 1.82) is 0 Å². The first-order valence-electron chi connectivity index (χ1n) is 8.66. The highest BCUT2D eigenvalue weighted by Crippen LogP contribution is 2.23. The maximum atomic E-state index is 12.3. The summed E-state index contributed by atoms with van der Waals surface area (Å²) in [6.45, 7) is 1.98. The SMILES string of the molecule is Cc1ccc(C(=O)Nc2cccc(SCC(=O)Nc3cccc(Cl)c3)c2)cc1. The van der Waals surface area contributed by atoms with Gasteiger partial charge in [-0.2, -0.15) is 0 Å². The molecule has 28 heavy (non-hydrogen) atoms. The van der Waals surface area contributed by atoms with E-state index in [1.165, 1.54) is 11.8 Å². The lowest BCUT2D eigenvalue weighted by molar-refractivity contribution is -0.113. The molecule has 0 heterocycles. The van der Waals surface area contributed by atoms with E-state index in [-0.39, 0.29) is 17.6 Å². The number of benzene rings is 3. The molecule has 0 bridgehead atoms. The van der Waals surface area contributed by atoms with Gasteiger partial charge in [0.25, 0.3) is 5.91 Å². The molecule has 6 heteroatoms. The van der Waals surface area contributed by atoms with Gasteiger partial charge in [-0.15, -0.1) is 11.8 Å². The van der Waals surface area contributed by atoms with Crippen LogP contribution in [0, 0.1) is 6.92 Å². The number of nitrogens with one attached hydrogen (secondary N) is 2. The van der Waals surface area contributed by atoms with Crippen LogP contribution in [0.25, 0.3) is 0 Å². The lowest BCUT2D eigenvalue weighted by Crippen LogP contribution is -2.14. The Kier molecular flexibility index (Phi) is 6.74. The number of rotatable bonds is 6. The first kappa shape index (κ1) is 20.0. The van der Waals surface area contributed by atoms with Crippen LogP contribution in [0.2, 0.25) is 5.02 Å². The van der Waals surface area contributed by atoms with E-state index in [2.05, 4.69) is 10.6 Å². The van der Waals surface area contributed by atoms with Gasteiger partial charge in [0, 0.05) is 26.9 Å². The molecule has 0 fully saturated rings. The lowest BCUT2D eigenvalue weighted by atomic mass is 10.1. The quantitative estimate of drug-likeness (QED) is 0.517. The van der Waals surface area contributed by atoms with Crippen molar-refractivity contribution >= 4 is 46.6 Å². The second kappa shape index (κ2) is 9.44. The number of carbonyl (C=O) groups excluding carboxylic acids is 2. The molecular formula is C22H19ClN2O2S. The van der Waals surface area contributed by atoms with Crippen LogP contribution in [0.4, 0.5) is 11.4 Å². The molecule has 3 aromatic carbocycles. The van der Waals surface area contributed by atoms with Crippen molar-refractivity contribution in [1.82, 2.24) is 0 Å². The highest BCUT2D eigenvalue weighted by molar-refractivity contribution is 8.00. The highest BCUT2D eigenvalue weighted by atomic mass is 35.5. The molecule has 142 valence electrons. The van der Waals surface area contributed by atoms with Crippen molar-refractivity contribution in [2.24, 2.45) is 0 Å². The van der Waals surface area contributed by atoms with E-state index in [0.717, 1.165) is 10.5 Å². The van der Waals surface area contributed by atoms with Crippen molar-refractivity contribution in [3.63, 3.8) is 0 Å². The van der Waals surface area contributed by atoms with E-state index in [1.807, 2.05) is 43.3 Å². The predicted octanol–water partition coefficient (Wildman–Crippen LogP) is 5.63. The van der Waals surface area contributed by atoms with Crippen LogP contribution in [-0.4, -0.2) is 17.6 Å². The maximum Gasteiger partial charge on any atom is 0.255 e. The lowest BCUT2D eigenvalue weighted by Gasteiger charge is -2.08. The van der Waals surface area contributed by atoms with Crippen LogP contribution < -0.4 is 10.6 Å². The average molecular weight is 411 g/mol. The fraction of sp³-hybridized carbons (Fsp3) is 0.0909. The normalized spacial score (nSPS) is 10.4. The summed E-state index contributed by atoms with van der Waals surface area (Å²) in [4.78, 5) is 25.4. The molecule has 0 spiro atoms. The molecule has 3 rings (SSSR count). The molecule has 0 radical (unpaired) electrons. The third-order valence-electron chi connectivity index (χ3n) is 3.88. The minimum atomic E-state index is -0.166. The van der Waals surface area contributed by atoms with Crippen molar-refractivity contribution in [3.05, 3.63) is 88.9 Å². The third kappa shape index (κ3) is 5.87. The fourth-order valence-electron chi connectivity index (χ4n) is 2.48. The first-order chi connectivity index (χ1) is 13.5. The minimum Gasteiger partial charge on any atom is -0.325 e. The van der Waals surface area contributed by atoms with Gasteiger partial charge in [0.2, 0.25) is 5.91 Å². The monoisotopic (exact) mass is 410 g/mol. The Morgan fingerprint density at radius 2 is 1.57 bits per heavy atom. The Hall–Kier alpha value is -2.76. The van der Waals surface area contributed by atoms with Crippen LogP contribution in [0.1, 0.15) is 15.9 Å². The second-order valence-corrected chi connectivity index (χ2v) is 7.68. The largest absolute Gasteiger partial charge is 0.325 e. The zero-order valence-corrected chi connectivity index (χ0v) is 16.8. The van der Waals surface area contributed by atoms with Gasteiger partial charge in [-0.05, 0) is 55.5 Å². The Bertz CT molecular complexity index is 990. The molecule has 0 atom stereocenters. The molecule has 0 aliphatic heterocycles. The van der Waals surface area contributed by atoms with Crippen LogP contribution in [0.3, 0.4) is 0 Å². The summed E-state index contributed by atoms with van der Waals surface area (Å²) in [5.41, 5.74) is 3.05. The van der Waals surface area contributed by atoms with E-state index in [9.17, 15) is 9.59 Å². The smallest absolute Gasteiger partial charge is 0.255 e. The van der Waals surface area contributed by atoms with E-state index in [1.54, 1.807) is 36.4 Å². The molecule has 0 aliphatic rings. The number of anilines is 2. The maximum absolute atomic E-state index is 12.3. The van der Waals surface area contributed by atoms with Gasteiger partial charge < -0.3 is 10.6 Å². The Morgan fingerprint density at radius 3 is 2.29 bits per heavy atom. The zero-order valence-electron chi connectivity index (χ0n) is 15.2. The number of aryl methyl sites for hydroxylation is 1. The molecule has 4 nitrogen and oxygen atoms in total. The molecule has 0 unspecified atom stereocenters. The van der Waals surface area contributed by atoms with Gasteiger partial charge in [-0.3, -0.25) is 9.59 Å². The van der Waals surface area contributed by atoms with Gasteiger partial charge in [0.15, 0.2) is 0 Å². The number of halogens is 1. The van der Waals surface area contributed by atoms with E-state index in [0.29, 0.717) is 22.0 Å². The highest BCUT2D eigenvalue weighted by Gasteiger charge is 2.08. The number of thioether (sulfide) groups is 1. The minimum absolute atomic E-state index is 0.124. The number of carbonyl (C=O) groups is 2. The summed E-state index contributed by atoms with van der Waals surface area (Å²) in [5.74, 6) is -0.0378. The average Bonchev–Trinajstić information content (AvgIpc) is 2.67. The molecule has 2 N–H and O–H groups in total. The molecule has 0 aromatic heterocycles. The van der Waals surface area contributed by atoms with Crippen molar-refractivity contribution in [2.75, 3.05) is 16.4 Å². The van der Waals surface area contributed by atoms with Crippen molar-refractivity contribution in [3.8, 4) is 0 Å². The van der Waals surface area contributed by atoms with Gasteiger partial charge >= 0.3 is 0 Å². The first-order valence-corrected chi connectivity index (χ1v) is 10.0. The summed E-state index contributed by atoms with van der Waals surface area (Å²) in [7, 11) is 0. The molecule has 0 aliphatic carbocycles. The van der Waals surface area contributed by atoms with E-state index >= 15 is 0 Å². The zero-order chi connectivity index (χ0) is 19.9. The van der Waals surface area contributed by atoms with Gasteiger partial charge in [0.1, 0.15) is 0 Å². The predicted molar refractivity (Wildman–Crippen MR) is 116 cm³/mol. The van der Waals surface area contributed by atoms with Crippen molar-refractivity contribution in [2.45, 2.75) is 11.8 Å². The van der Waals surface area contributed by atoms with E-state index in [4.69, 9.17) is 11.6 Å². The summed E-state index contributed by atoms with van der Waals surface area (Å²) < 4.78 is 0. The Labute approximate surface area is 173 Å². The summed E-state index contributed by atoms with van der Waals surface area (Å²) >= 11 is 7.32. The molecule has 0 saturated heterocycles. The van der Waals surface area contributed by atoms with Gasteiger partial charge in [-0.25, -0.2) is 0 Å².